The van der Waals surface area contributed by atoms with E-state index in [0.717, 1.165) is 28.0 Å². The van der Waals surface area contributed by atoms with Crippen LogP contribution in [0.25, 0.3) is 10.9 Å². The Morgan fingerprint density at radius 3 is 3.06 bits per heavy atom. The second-order valence-electron chi connectivity index (χ2n) is 3.44. The van der Waals surface area contributed by atoms with E-state index in [4.69, 9.17) is 0 Å². The summed E-state index contributed by atoms with van der Waals surface area (Å²) in [6, 6.07) is 8.20. The van der Waals surface area contributed by atoms with E-state index in [1.165, 1.54) is 5.39 Å². The lowest BCUT2D eigenvalue weighted by Crippen LogP contribution is -2.04. The molecule has 0 aliphatic rings. The van der Waals surface area contributed by atoms with Gasteiger partial charge in [-0.1, -0.05) is 15.9 Å². The van der Waals surface area contributed by atoms with Crippen molar-refractivity contribution in [2.45, 2.75) is 0 Å². The third-order valence-corrected chi connectivity index (χ3v) is 3.43. The SMILES string of the molecule is CSCCNc1ccnc2cc(Br)ccc12. The van der Waals surface area contributed by atoms with E-state index < -0.39 is 0 Å². The summed E-state index contributed by atoms with van der Waals surface area (Å²) in [5.74, 6) is 1.11. The number of rotatable bonds is 4. The van der Waals surface area contributed by atoms with Gasteiger partial charge in [-0.05, 0) is 30.5 Å². The molecule has 0 amide bonds. The maximum absolute atomic E-state index is 4.36. The first-order valence-electron chi connectivity index (χ1n) is 5.08. The van der Waals surface area contributed by atoms with Crippen molar-refractivity contribution < 1.29 is 0 Å². The summed E-state index contributed by atoms with van der Waals surface area (Å²) in [5.41, 5.74) is 2.18. The molecule has 1 N–H and O–H groups in total. The van der Waals surface area contributed by atoms with Crippen molar-refractivity contribution in [3.63, 3.8) is 0 Å². The smallest absolute Gasteiger partial charge is 0.0733 e. The molecule has 1 heterocycles. The average Bonchev–Trinajstić information content (AvgIpc) is 2.29. The fraction of sp³-hybridized carbons (Fsp3) is 0.250. The topological polar surface area (TPSA) is 24.9 Å². The predicted octanol–water partition coefficient (Wildman–Crippen LogP) is 3.77. The first kappa shape index (κ1) is 11.7. The van der Waals surface area contributed by atoms with Crippen LogP contribution in [0.2, 0.25) is 0 Å². The summed E-state index contributed by atoms with van der Waals surface area (Å²) in [7, 11) is 0. The summed E-state index contributed by atoms with van der Waals surface area (Å²) in [5, 5.41) is 4.60. The minimum Gasteiger partial charge on any atom is -0.384 e. The average molecular weight is 297 g/mol. The van der Waals surface area contributed by atoms with Crippen molar-refractivity contribution in [2.75, 3.05) is 23.9 Å². The Balaban J connectivity index is 2.30. The van der Waals surface area contributed by atoms with Gasteiger partial charge in [0.15, 0.2) is 0 Å². The highest BCUT2D eigenvalue weighted by molar-refractivity contribution is 9.10. The van der Waals surface area contributed by atoms with E-state index in [-0.39, 0.29) is 0 Å². The van der Waals surface area contributed by atoms with Crippen LogP contribution in [-0.4, -0.2) is 23.5 Å². The standard InChI is InChI=1S/C12H13BrN2S/c1-16-7-6-15-11-4-5-14-12-8-9(13)2-3-10(11)12/h2-5,8H,6-7H2,1H3,(H,14,15). The molecule has 0 saturated heterocycles. The molecule has 84 valence electrons. The third kappa shape index (κ3) is 2.68. The van der Waals surface area contributed by atoms with Gasteiger partial charge in [-0.2, -0.15) is 11.8 Å². The van der Waals surface area contributed by atoms with Crippen LogP contribution in [0.15, 0.2) is 34.9 Å². The van der Waals surface area contributed by atoms with Crippen LogP contribution in [0.5, 0.6) is 0 Å². The van der Waals surface area contributed by atoms with Gasteiger partial charge in [0.1, 0.15) is 0 Å². The second-order valence-corrected chi connectivity index (χ2v) is 5.34. The van der Waals surface area contributed by atoms with Gasteiger partial charge in [0.2, 0.25) is 0 Å². The third-order valence-electron chi connectivity index (χ3n) is 2.33. The first-order chi connectivity index (χ1) is 7.81. The predicted molar refractivity (Wildman–Crippen MR) is 76.3 cm³/mol. The minimum atomic E-state index is 0.982. The molecule has 4 heteroatoms. The molecule has 0 radical (unpaired) electrons. The lowest BCUT2D eigenvalue weighted by Gasteiger charge is -2.08. The van der Waals surface area contributed by atoms with Gasteiger partial charge in [0.25, 0.3) is 0 Å². The van der Waals surface area contributed by atoms with E-state index >= 15 is 0 Å². The van der Waals surface area contributed by atoms with Gasteiger partial charge in [-0.3, -0.25) is 4.98 Å². The summed E-state index contributed by atoms with van der Waals surface area (Å²) in [6.07, 6.45) is 3.96. The Labute approximate surface area is 108 Å². The molecule has 1 aromatic carbocycles. The van der Waals surface area contributed by atoms with Crippen molar-refractivity contribution in [1.82, 2.24) is 4.98 Å². The number of nitrogens with one attached hydrogen (secondary N) is 1. The Bertz CT molecular complexity index is 487. The number of thioether (sulfide) groups is 1. The molecule has 0 bridgehead atoms. The Hall–Kier alpha value is -0.740. The molecular formula is C12H13BrN2S. The zero-order chi connectivity index (χ0) is 11.4. The molecule has 0 aliphatic carbocycles. The molecule has 2 rings (SSSR count). The summed E-state index contributed by atoms with van der Waals surface area (Å²) >= 11 is 5.30. The number of pyridine rings is 1. The van der Waals surface area contributed by atoms with Crippen molar-refractivity contribution in [2.24, 2.45) is 0 Å². The van der Waals surface area contributed by atoms with Crippen LogP contribution < -0.4 is 5.32 Å². The van der Waals surface area contributed by atoms with Gasteiger partial charge in [-0.25, -0.2) is 0 Å². The van der Waals surface area contributed by atoms with Crippen LogP contribution in [0.3, 0.4) is 0 Å². The van der Waals surface area contributed by atoms with Crippen LogP contribution in [0, 0.1) is 0 Å². The molecule has 2 nitrogen and oxygen atoms in total. The van der Waals surface area contributed by atoms with E-state index in [1.54, 1.807) is 0 Å². The fourth-order valence-corrected chi connectivity index (χ4v) is 2.22. The highest BCUT2D eigenvalue weighted by atomic mass is 79.9. The normalized spacial score (nSPS) is 10.6. The number of hydrogen-bond acceptors (Lipinski definition) is 3. The van der Waals surface area contributed by atoms with Crippen LogP contribution in [0.1, 0.15) is 0 Å². The summed E-state index contributed by atoms with van der Waals surface area (Å²) in [4.78, 5) is 4.36. The Kier molecular flexibility index (Phi) is 4.07. The van der Waals surface area contributed by atoms with Gasteiger partial charge in [0.05, 0.1) is 5.52 Å². The second kappa shape index (κ2) is 5.55. The number of aromatic nitrogens is 1. The number of hydrogen-bond donors (Lipinski definition) is 1. The number of benzene rings is 1. The van der Waals surface area contributed by atoms with Crippen molar-refractivity contribution in [1.29, 1.82) is 0 Å². The largest absolute Gasteiger partial charge is 0.384 e. The van der Waals surface area contributed by atoms with Crippen molar-refractivity contribution >= 4 is 44.3 Å². The van der Waals surface area contributed by atoms with Gasteiger partial charge < -0.3 is 5.32 Å². The molecule has 0 fully saturated rings. The number of nitrogens with zero attached hydrogens (tertiary/aromatic N) is 1. The highest BCUT2D eigenvalue weighted by Gasteiger charge is 2.01. The van der Waals surface area contributed by atoms with Gasteiger partial charge in [0, 0.05) is 34.0 Å². The van der Waals surface area contributed by atoms with Gasteiger partial charge >= 0.3 is 0 Å². The van der Waals surface area contributed by atoms with Gasteiger partial charge in [-0.15, -0.1) is 0 Å². The van der Waals surface area contributed by atoms with Crippen LogP contribution in [0.4, 0.5) is 5.69 Å². The molecule has 2 aromatic rings. The lowest BCUT2D eigenvalue weighted by molar-refractivity contribution is 1.23. The Morgan fingerprint density at radius 2 is 2.25 bits per heavy atom. The zero-order valence-electron chi connectivity index (χ0n) is 9.03. The quantitative estimate of drug-likeness (QED) is 0.870. The monoisotopic (exact) mass is 296 g/mol. The molecule has 1 aromatic heterocycles. The number of halogens is 1. The summed E-state index contributed by atoms with van der Waals surface area (Å²) < 4.78 is 1.06. The molecule has 0 spiro atoms. The number of fused-ring (bicyclic) bond motifs is 1. The number of anilines is 1. The van der Waals surface area contributed by atoms with Crippen molar-refractivity contribution in [3.8, 4) is 0 Å². The molecule has 0 aliphatic heterocycles. The van der Waals surface area contributed by atoms with E-state index in [9.17, 15) is 0 Å². The molecule has 0 atom stereocenters. The van der Waals surface area contributed by atoms with Crippen LogP contribution >= 0.6 is 27.7 Å². The minimum absolute atomic E-state index is 0.982. The Morgan fingerprint density at radius 1 is 1.38 bits per heavy atom. The maximum atomic E-state index is 4.36. The van der Waals surface area contributed by atoms with E-state index in [0.29, 0.717) is 0 Å². The first-order valence-corrected chi connectivity index (χ1v) is 7.27. The lowest BCUT2D eigenvalue weighted by atomic mass is 10.2. The van der Waals surface area contributed by atoms with E-state index in [1.807, 2.05) is 36.2 Å². The highest BCUT2D eigenvalue weighted by Crippen LogP contribution is 2.24. The molecular weight excluding hydrogens is 284 g/mol. The maximum Gasteiger partial charge on any atom is 0.0733 e. The van der Waals surface area contributed by atoms with E-state index in [2.05, 4.69) is 38.6 Å². The fourth-order valence-electron chi connectivity index (χ4n) is 1.56. The van der Waals surface area contributed by atoms with Crippen molar-refractivity contribution in [3.05, 3.63) is 34.9 Å². The zero-order valence-corrected chi connectivity index (χ0v) is 11.4. The molecule has 0 saturated carbocycles. The molecule has 16 heavy (non-hydrogen) atoms. The van der Waals surface area contributed by atoms with Crippen LogP contribution in [-0.2, 0) is 0 Å². The summed E-state index contributed by atoms with van der Waals surface area (Å²) in [6.45, 7) is 0.982. The molecule has 0 unspecified atom stereocenters.